The standard InChI is InChI=1S/C9H9ClN2O/c1-13-12-6-7-2-3-9(10)4-8(7)5-11/h2-4,12H,6H2,1H3. The van der Waals surface area contributed by atoms with Crippen molar-refractivity contribution in [3.05, 3.63) is 34.3 Å². The van der Waals surface area contributed by atoms with Crippen LogP contribution in [0.3, 0.4) is 0 Å². The van der Waals surface area contributed by atoms with Gasteiger partial charge in [0.2, 0.25) is 0 Å². The molecule has 1 N–H and O–H groups in total. The van der Waals surface area contributed by atoms with Crippen LogP contribution in [0.2, 0.25) is 5.02 Å². The van der Waals surface area contributed by atoms with Crippen LogP contribution in [0.4, 0.5) is 0 Å². The normalized spacial score (nSPS) is 9.62. The van der Waals surface area contributed by atoms with E-state index in [0.717, 1.165) is 5.56 Å². The quantitative estimate of drug-likeness (QED) is 0.751. The predicted octanol–water partition coefficient (Wildman–Crippen LogP) is 1.86. The van der Waals surface area contributed by atoms with Crippen LogP contribution in [-0.2, 0) is 11.4 Å². The highest BCUT2D eigenvalue weighted by Gasteiger charge is 2.01. The van der Waals surface area contributed by atoms with Gasteiger partial charge in [-0.15, -0.1) is 0 Å². The van der Waals surface area contributed by atoms with E-state index in [1.807, 2.05) is 0 Å². The second kappa shape index (κ2) is 4.83. The van der Waals surface area contributed by atoms with Crippen molar-refractivity contribution in [3.8, 4) is 6.07 Å². The lowest BCUT2D eigenvalue weighted by Crippen LogP contribution is -2.11. The van der Waals surface area contributed by atoms with Gasteiger partial charge in [0.25, 0.3) is 0 Å². The summed E-state index contributed by atoms with van der Waals surface area (Å²) in [5, 5.41) is 9.33. The van der Waals surface area contributed by atoms with E-state index in [1.54, 1.807) is 18.2 Å². The molecule has 3 nitrogen and oxygen atoms in total. The minimum Gasteiger partial charge on any atom is -0.305 e. The number of rotatable bonds is 3. The predicted molar refractivity (Wildman–Crippen MR) is 50.0 cm³/mol. The van der Waals surface area contributed by atoms with Crippen molar-refractivity contribution in [3.63, 3.8) is 0 Å². The Morgan fingerprint density at radius 2 is 2.38 bits per heavy atom. The second-order valence-electron chi connectivity index (χ2n) is 2.44. The molecule has 4 heteroatoms. The van der Waals surface area contributed by atoms with E-state index in [0.29, 0.717) is 17.1 Å². The summed E-state index contributed by atoms with van der Waals surface area (Å²) in [6, 6.07) is 7.24. The zero-order valence-electron chi connectivity index (χ0n) is 7.17. The molecule has 0 amide bonds. The van der Waals surface area contributed by atoms with Crippen LogP contribution in [0, 0.1) is 11.3 Å². The van der Waals surface area contributed by atoms with Crippen LogP contribution in [0.1, 0.15) is 11.1 Å². The summed E-state index contributed by atoms with van der Waals surface area (Å²) < 4.78 is 0. The smallest absolute Gasteiger partial charge is 0.0995 e. The number of nitrogens with one attached hydrogen (secondary N) is 1. The van der Waals surface area contributed by atoms with Crippen LogP contribution in [-0.4, -0.2) is 7.11 Å². The second-order valence-corrected chi connectivity index (χ2v) is 2.87. The molecule has 1 aromatic carbocycles. The van der Waals surface area contributed by atoms with Crippen LogP contribution in [0.15, 0.2) is 18.2 Å². The highest BCUT2D eigenvalue weighted by molar-refractivity contribution is 6.30. The zero-order chi connectivity index (χ0) is 9.68. The summed E-state index contributed by atoms with van der Waals surface area (Å²) >= 11 is 5.73. The molecule has 0 spiro atoms. The van der Waals surface area contributed by atoms with Crippen molar-refractivity contribution < 1.29 is 4.84 Å². The first kappa shape index (κ1) is 10.0. The van der Waals surface area contributed by atoms with E-state index >= 15 is 0 Å². The Balaban J connectivity index is 2.88. The maximum Gasteiger partial charge on any atom is 0.0995 e. The molecule has 1 rings (SSSR count). The Labute approximate surface area is 81.8 Å². The van der Waals surface area contributed by atoms with Gasteiger partial charge in [-0.1, -0.05) is 17.7 Å². The lowest BCUT2D eigenvalue weighted by molar-refractivity contribution is 0.0866. The molecule has 0 saturated heterocycles. The Kier molecular flexibility index (Phi) is 3.71. The summed E-state index contributed by atoms with van der Waals surface area (Å²) in [5.41, 5.74) is 4.10. The topological polar surface area (TPSA) is 45.0 Å². The van der Waals surface area contributed by atoms with Gasteiger partial charge in [-0.3, -0.25) is 0 Å². The lowest BCUT2D eigenvalue weighted by Gasteiger charge is -2.04. The fourth-order valence-corrected chi connectivity index (χ4v) is 1.13. The number of nitrogens with zero attached hydrogens (tertiary/aromatic N) is 1. The van der Waals surface area contributed by atoms with Gasteiger partial charge >= 0.3 is 0 Å². The fourth-order valence-electron chi connectivity index (χ4n) is 0.957. The monoisotopic (exact) mass is 196 g/mol. The summed E-state index contributed by atoms with van der Waals surface area (Å²) in [7, 11) is 1.53. The van der Waals surface area contributed by atoms with Gasteiger partial charge in [-0.05, 0) is 17.7 Å². The number of hydroxylamine groups is 1. The Morgan fingerprint density at radius 3 is 3.00 bits per heavy atom. The van der Waals surface area contributed by atoms with Crippen LogP contribution >= 0.6 is 11.6 Å². The van der Waals surface area contributed by atoms with Gasteiger partial charge in [0.15, 0.2) is 0 Å². The highest BCUT2D eigenvalue weighted by atomic mass is 35.5. The van der Waals surface area contributed by atoms with Crippen LogP contribution in [0.5, 0.6) is 0 Å². The molecule has 0 radical (unpaired) electrons. The van der Waals surface area contributed by atoms with E-state index in [-0.39, 0.29) is 0 Å². The molecule has 13 heavy (non-hydrogen) atoms. The number of hydrogen-bond donors (Lipinski definition) is 1. The summed E-state index contributed by atoms with van der Waals surface area (Å²) in [4.78, 5) is 4.68. The number of hydrogen-bond acceptors (Lipinski definition) is 3. The SMILES string of the molecule is CONCc1ccc(Cl)cc1C#N. The van der Waals surface area contributed by atoms with Gasteiger partial charge in [0.05, 0.1) is 18.7 Å². The molecular formula is C9H9ClN2O. The molecule has 0 aromatic heterocycles. The molecule has 0 aliphatic heterocycles. The molecule has 0 unspecified atom stereocenters. The van der Waals surface area contributed by atoms with E-state index in [1.165, 1.54) is 7.11 Å². The van der Waals surface area contributed by atoms with Crippen LogP contribution in [0.25, 0.3) is 0 Å². The Bertz CT molecular complexity index is 333. The van der Waals surface area contributed by atoms with E-state index < -0.39 is 0 Å². The molecule has 0 heterocycles. The van der Waals surface area contributed by atoms with Gasteiger partial charge in [-0.2, -0.15) is 10.7 Å². The minimum absolute atomic E-state index is 0.497. The van der Waals surface area contributed by atoms with Gasteiger partial charge in [-0.25, -0.2) is 0 Å². The molecule has 1 aromatic rings. The average molecular weight is 197 g/mol. The highest BCUT2D eigenvalue weighted by Crippen LogP contribution is 2.14. The van der Waals surface area contributed by atoms with Crippen molar-refractivity contribution in [2.75, 3.05) is 7.11 Å². The first-order chi connectivity index (χ1) is 6.27. The molecule has 68 valence electrons. The summed E-state index contributed by atoms with van der Waals surface area (Å²) in [5.74, 6) is 0. The summed E-state index contributed by atoms with van der Waals surface area (Å²) in [6.45, 7) is 0.497. The third kappa shape index (κ3) is 2.71. The number of halogens is 1. The first-order valence-electron chi connectivity index (χ1n) is 3.72. The lowest BCUT2D eigenvalue weighted by atomic mass is 10.1. The maximum atomic E-state index is 8.76. The molecule has 0 aliphatic carbocycles. The van der Waals surface area contributed by atoms with Crippen molar-refractivity contribution >= 4 is 11.6 Å². The van der Waals surface area contributed by atoms with Gasteiger partial charge in [0.1, 0.15) is 0 Å². The van der Waals surface area contributed by atoms with Crippen molar-refractivity contribution in [2.24, 2.45) is 0 Å². The number of benzene rings is 1. The van der Waals surface area contributed by atoms with E-state index in [4.69, 9.17) is 16.9 Å². The largest absolute Gasteiger partial charge is 0.305 e. The zero-order valence-corrected chi connectivity index (χ0v) is 7.93. The molecule has 0 fully saturated rings. The van der Waals surface area contributed by atoms with Crippen molar-refractivity contribution in [2.45, 2.75) is 6.54 Å². The van der Waals surface area contributed by atoms with Crippen molar-refractivity contribution in [1.29, 1.82) is 5.26 Å². The number of nitriles is 1. The minimum atomic E-state index is 0.497. The Morgan fingerprint density at radius 1 is 1.62 bits per heavy atom. The fraction of sp³-hybridized carbons (Fsp3) is 0.222. The van der Waals surface area contributed by atoms with E-state index in [2.05, 4.69) is 16.4 Å². The van der Waals surface area contributed by atoms with Gasteiger partial charge in [0, 0.05) is 11.6 Å². The maximum absolute atomic E-state index is 8.76. The van der Waals surface area contributed by atoms with Gasteiger partial charge < -0.3 is 4.84 Å². The Hall–Kier alpha value is -1.08. The molecule has 0 aliphatic rings. The molecule has 0 saturated carbocycles. The molecule has 0 atom stereocenters. The van der Waals surface area contributed by atoms with E-state index in [9.17, 15) is 0 Å². The van der Waals surface area contributed by atoms with Crippen LogP contribution < -0.4 is 5.48 Å². The summed E-state index contributed by atoms with van der Waals surface area (Å²) in [6.07, 6.45) is 0. The average Bonchev–Trinajstić information content (AvgIpc) is 2.16. The molecule has 0 bridgehead atoms. The third-order valence-electron chi connectivity index (χ3n) is 1.60. The molecular weight excluding hydrogens is 188 g/mol. The third-order valence-corrected chi connectivity index (χ3v) is 1.83. The van der Waals surface area contributed by atoms with Crippen molar-refractivity contribution in [1.82, 2.24) is 5.48 Å². The first-order valence-corrected chi connectivity index (χ1v) is 4.10.